The van der Waals surface area contributed by atoms with Crippen LogP contribution in [0.4, 0.5) is 8.78 Å². The van der Waals surface area contributed by atoms with Crippen LogP contribution in [-0.2, 0) is 10.3 Å². The molecule has 0 aromatic heterocycles. The zero-order chi connectivity index (χ0) is 18.9. The molecule has 8 heteroatoms. The van der Waals surface area contributed by atoms with Crippen molar-refractivity contribution in [3.05, 3.63) is 59.7 Å². The van der Waals surface area contributed by atoms with E-state index < -0.39 is 12.2 Å². The third-order valence-corrected chi connectivity index (χ3v) is 4.23. The summed E-state index contributed by atoms with van der Waals surface area (Å²) in [6, 6.07) is 13.2. The maximum atomic E-state index is 13.0. The highest BCUT2D eigenvalue weighted by atomic mass is 19.3. The fourth-order valence-electron chi connectivity index (χ4n) is 2.95. The highest BCUT2D eigenvalue weighted by Crippen LogP contribution is 2.42. The summed E-state index contributed by atoms with van der Waals surface area (Å²) in [4.78, 5) is 18.7. The number of nitrogens with two attached hydrogens (primary N) is 1. The number of hydrogen-bond donors (Lipinski definition) is 1. The lowest BCUT2D eigenvalue weighted by atomic mass is 9.82. The van der Waals surface area contributed by atoms with Gasteiger partial charge >= 0.3 is 6.61 Å². The molecule has 1 aliphatic heterocycles. The molecule has 0 spiro atoms. The van der Waals surface area contributed by atoms with Crippen molar-refractivity contribution in [2.75, 3.05) is 14.2 Å². The zero-order valence-corrected chi connectivity index (χ0v) is 14.1. The molecule has 0 saturated heterocycles. The predicted molar refractivity (Wildman–Crippen MR) is 91.2 cm³/mol. The minimum Gasteiger partial charge on any atom is -0.493 e. The molecule has 1 atom stereocenters. The molecule has 2 aromatic carbocycles. The van der Waals surface area contributed by atoms with E-state index in [1.807, 2.05) is 6.07 Å². The Kier molecular flexibility index (Phi) is 4.50. The first-order valence-electron chi connectivity index (χ1n) is 7.72. The first-order chi connectivity index (χ1) is 12.4. The highest BCUT2D eigenvalue weighted by molar-refractivity contribution is 6.08. The van der Waals surface area contributed by atoms with E-state index in [0.717, 1.165) is 0 Å². The average Bonchev–Trinajstić information content (AvgIpc) is 2.87. The fourth-order valence-corrected chi connectivity index (χ4v) is 2.95. The van der Waals surface area contributed by atoms with Crippen molar-refractivity contribution >= 4 is 11.9 Å². The van der Waals surface area contributed by atoms with Crippen LogP contribution in [0.2, 0.25) is 0 Å². The second-order valence-electron chi connectivity index (χ2n) is 5.65. The largest absolute Gasteiger partial charge is 0.493 e. The maximum absolute atomic E-state index is 13.0. The Hall–Kier alpha value is -3.16. The highest BCUT2D eigenvalue weighted by Gasteiger charge is 2.49. The standard InChI is InChI=1S/C18H17F2N3O3/c1-23-15(24)18(22-17(23)21,11-6-4-3-5-7-11)12-8-9-13(26-16(19)20)14(10-12)25-2/h3-10,16H,1-2H3,(H2,21,22). The summed E-state index contributed by atoms with van der Waals surface area (Å²) in [6.07, 6.45) is 0. The van der Waals surface area contributed by atoms with Gasteiger partial charge in [-0.25, -0.2) is 4.99 Å². The fraction of sp³-hybridized carbons (Fsp3) is 0.222. The van der Waals surface area contributed by atoms with Crippen LogP contribution in [-0.4, -0.2) is 37.5 Å². The Morgan fingerprint density at radius 3 is 2.35 bits per heavy atom. The summed E-state index contributed by atoms with van der Waals surface area (Å²) in [5.74, 6) is -0.365. The van der Waals surface area contributed by atoms with Crippen molar-refractivity contribution in [1.29, 1.82) is 0 Å². The predicted octanol–water partition coefficient (Wildman–Crippen LogP) is 2.33. The lowest BCUT2D eigenvalue weighted by Crippen LogP contribution is -2.41. The topological polar surface area (TPSA) is 77.2 Å². The summed E-state index contributed by atoms with van der Waals surface area (Å²) in [5.41, 5.74) is 5.49. The number of carbonyl (C=O) groups excluding carboxylic acids is 1. The van der Waals surface area contributed by atoms with E-state index in [-0.39, 0.29) is 23.4 Å². The Balaban J connectivity index is 2.20. The van der Waals surface area contributed by atoms with Gasteiger partial charge in [-0.05, 0) is 23.3 Å². The van der Waals surface area contributed by atoms with Gasteiger partial charge in [-0.3, -0.25) is 9.69 Å². The quantitative estimate of drug-likeness (QED) is 0.887. The number of carbonyl (C=O) groups is 1. The summed E-state index contributed by atoms with van der Waals surface area (Å²) in [6.45, 7) is -2.99. The number of hydrogen-bond acceptors (Lipinski definition) is 5. The molecule has 0 saturated carbocycles. The third-order valence-electron chi connectivity index (χ3n) is 4.23. The number of nitrogens with zero attached hydrogens (tertiary/aromatic N) is 2. The van der Waals surface area contributed by atoms with Crippen molar-refractivity contribution in [2.24, 2.45) is 10.7 Å². The second-order valence-corrected chi connectivity index (χ2v) is 5.65. The molecule has 26 heavy (non-hydrogen) atoms. The Labute approximate surface area is 148 Å². The van der Waals surface area contributed by atoms with E-state index in [1.54, 1.807) is 24.3 Å². The van der Waals surface area contributed by atoms with E-state index in [1.165, 1.54) is 37.3 Å². The van der Waals surface area contributed by atoms with E-state index >= 15 is 0 Å². The van der Waals surface area contributed by atoms with Gasteiger partial charge in [-0.2, -0.15) is 8.78 Å². The average molecular weight is 361 g/mol. The molecule has 0 radical (unpaired) electrons. The van der Waals surface area contributed by atoms with E-state index in [0.29, 0.717) is 11.1 Å². The lowest BCUT2D eigenvalue weighted by Gasteiger charge is -2.26. The zero-order valence-electron chi connectivity index (χ0n) is 14.1. The molecule has 136 valence electrons. The number of aliphatic imine (C=N–C) groups is 1. The molecular formula is C18H17F2N3O3. The van der Waals surface area contributed by atoms with Crippen molar-refractivity contribution in [3.8, 4) is 11.5 Å². The summed E-state index contributed by atoms with van der Waals surface area (Å²) >= 11 is 0. The van der Waals surface area contributed by atoms with Gasteiger partial charge in [0.25, 0.3) is 5.91 Å². The Morgan fingerprint density at radius 2 is 1.81 bits per heavy atom. The summed E-state index contributed by atoms with van der Waals surface area (Å²) in [5, 5.41) is 0. The summed E-state index contributed by atoms with van der Waals surface area (Å²) < 4.78 is 34.7. The summed E-state index contributed by atoms with van der Waals surface area (Å²) in [7, 11) is 2.85. The van der Waals surface area contributed by atoms with Crippen molar-refractivity contribution in [3.63, 3.8) is 0 Å². The molecule has 3 rings (SSSR count). The number of amides is 1. The van der Waals surface area contributed by atoms with Gasteiger partial charge in [0, 0.05) is 7.05 Å². The van der Waals surface area contributed by atoms with E-state index in [4.69, 9.17) is 10.5 Å². The van der Waals surface area contributed by atoms with Crippen molar-refractivity contribution < 1.29 is 23.0 Å². The molecule has 1 heterocycles. The van der Waals surface area contributed by atoms with Gasteiger partial charge in [-0.1, -0.05) is 36.4 Å². The number of rotatable bonds is 5. The van der Waals surface area contributed by atoms with Crippen molar-refractivity contribution in [1.82, 2.24) is 4.90 Å². The number of likely N-dealkylation sites (N-methyl/N-ethyl adjacent to an activating group) is 1. The molecule has 1 amide bonds. The van der Waals surface area contributed by atoms with Gasteiger partial charge in [-0.15, -0.1) is 0 Å². The molecule has 2 aromatic rings. The van der Waals surface area contributed by atoms with Crippen LogP contribution in [0.15, 0.2) is 53.5 Å². The number of halogens is 2. The smallest absolute Gasteiger partial charge is 0.387 e. The second kappa shape index (κ2) is 6.62. The SMILES string of the molecule is COc1cc(C2(c3ccccc3)N=C(N)N(C)C2=O)ccc1OC(F)F. The third kappa shape index (κ3) is 2.73. The van der Waals surface area contributed by atoms with Crippen LogP contribution in [0.3, 0.4) is 0 Å². The van der Waals surface area contributed by atoms with E-state index in [2.05, 4.69) is 9.73 Å². The molecule has 1 aliphatic rings. The molecule has 0 fully saturated rings. The molecule has 1 unspecified atom stereocenters. The number of benzene rings is 2. The van der Waals surface area contributed by atoms with E-state index in [9.17, 15) is 13.6 Å². The number of guanidine groups is 1. The van der Waals surface area contributed by atoms with Crippen LogP contribution in [0.5, 0.6) is 11.5 Å². The normalized spacial score (nSPS) is 19.7. The number of ether oxygens (including phenoxy) is 2. The van der Waals surface area contributed by atoms with Crippen LogP contribution < -0.4 is 15.2 Å². The number of methoxy groups -OCH3 is 1. The van der Waals surface area contributed by atoms with Gasteiger partial charge in [0.2, 0.25) is 0 Å². The molecule has 0 aliphatic carbocycles. The van der Waals surface area contributed by atoms with Gasteiger partial charge in [0.15, 0.2) is 23.0 Å². The Morgan fingerprint density at radius 1 is 1.12 bits per heavy atom. The minimum atomic E-state index is -2.99. The first-order valence-corrected chi connectivity index (χ1v) is 7.72. The van der Waals surface area contributed by atoms with Crippen LogP contribution >= 0.6 is 0 Å². The van der Waals surface area contributed by atoms with Gasteiger partial charge in [0.05, 0.1) is 7.11 Å². The monoisotopic (exact) mass is 361 g/mol. The first kappa shape index (κ1) is 17.7. The number of alkyl halides is 2. The molecule has 2 N–H and O–H groups in total. The lowest BCUT2D eigenvalue weighted by molar-refractivity contribution is -0.129. The van der Waals surface area contributed by atoms with Crippen molar-refractivity contribution in [2.45, 2.75) is 12.2 Å². The molecular weight excluding hydrogens is 344 g/mol. The molecule has 0 bridgehead atoms. The van der Waals surface area contributed by atoms with Gasteiger partial charge < -0.3 is 15.2 Å². The van der Waals surface area contributed by atoms with Crippen LogP contribution in [0.1, 0.15) is 11.1 Å². The van der Waals surface area contributed by atoms with Crippen LogP contribution in [0, 0.1) is 0 Å². The van der Waals surface area contributed by atoms with Gasteiger partial charge in [0.1, 0.15) is 0 Å². The maximum Gasteiger partial charge on any atom is 0.387 e. The Bertz CT molecular complexity index is 858. The minimum absolute atomic E-state index is 0.0609. The van der Waals surface area contributed by atoms with Crippen LogP contribution in [0.25, 0.3) is 0 Å². The molecule has 6 nitrogen and oxygen atoms in total.